The van der Waals surface area contributed by atoms with Crippen molar-refractivity contribution in [2.75, 3.05) is 46.3 Å². The third-order valence-corrected chi connectivity index (χ3v) is 8.56. The van der Waals surface area contributed by atoms with Gasteiger partial charge >= 0.3 is 0 Å². The van der Waals surface area contributed by atoms with E-state index >= 15 is 0 Å². The molecule has 0 bridgehead atoms. The summed E-state index contributed by atoms with van der Waals surface area (Å²) >= 11 is 6.27. The summed E-state index contributed by atoms with van der Waals surface area (Å²) in [6.07, 6.45) is 2.50. The maximum absolute atomic E-state index is 13.1. The summed E-state index contributed by atoms with van der Waals surface area (Å²) in [6, 6.07) is 12.5. The van der Waals surface area contributed by atoms with E-state index in [1.165, 1.54) is 40.9 Å². The normalized spacial score (nSPS) is 18.5. The van der Waals surface area contributed by atoms with E-state index in [1.54, 1.807) is 0 Å². The Morgan fingerprint density at radius 2 is 1.67 bits per heavy atom. The second-order valence-electron chi connectivity index (χ2n) is 8.83. The topological polar surface area (TPSA) is 73.0 Å². The number of nitrogens with zero attached hydrogens (tertiary/aromatic N) is 3. The Kier molecular flexibility index (Phi) is 7.71. The highest BCUT2D eigenvalue weighted by Gasteiger charge is 2.28. The molecule has 2 aliphatic rings. The molecule has 2 aromatic carbocycles. The van der Waals surface area contributed by atoms with Crippen molar-refractivity contribution in [2.45, 2.75) is 30.8 Å². The molecule has 9 heteroatoms. The van der Waals surface area contributed by atoms with E-state index in [2.05, 4.69) is 27.2 Å². The van der Waals surface area contributed by atoms with Crippen LogP contribution in [-0.2, 0) is 23.1 Å². The highest BCUT2D eigenvalue weighted by molar-refractivity contribution is 7.89. The minimum absolute atomic E-state index is 0.0919. The third kappa shape index (κ3) is 5.94. The lowest BCUT2D eigenvalue weighted by Crippen LogP contribution is -2.47. The van der Waals surface area contributed by atoms with E-state index in [1.807, 2.05) is 19.2 Å². The van der Waals surface area contributed by atoms with E-state index in [0.717, 1.165) is 25.2 Å². The summed E-state index contributed by atoms with van der Waals surface area (Å²) in [5.74, 6) is -0.389. The van der Waals surface area contributed by atoms with Crippen LogP contribution in [0, 0.1) is 0 Å². The van der Waals surface area contributed by atoms with Gasteiger partial charge in [0, 0.05) is 39.3 Å². The predicted molar refractivity (Wildman–Crippen MR) is 130 cm³/mol. The van der Waals surface area contributed by atoms with Crippen molar-refractivity contribution in [3.8, 4) is 0 Å². The Bertz CT molecular complexity index is 1090. The summed E-state index contributed by atoms with van der Waals surface area (Å²) in [7, 11) is -1.71. The number of amides is 1. The van der Waals surface area contributed by atoms with E-state index in [-0.39, 0.29) is 21.4 Å². The Balaban J connectivity index is 1.43. The molecular weight excluding hydrogens is 460 g/mol. The predicted octanol–water partition coefficient (Wildman–Crippen LogP) is 2.80. The number of hydrogen-bond acceptors (Lipinski definition) is 5. The molecule has 0 radical (unpaired) electrons. The van der Waals surface area contributed by atoms with Gasteiger partial charge in [0.2, 0.25) is 10.0 Å². The Hall–Kier alpha value is -1.97. The number of benzene rings is 2. The van der Waals surface area contributed by atoms with Crippen LogP contribution < -0.4 is 5.32 Å². The average molecular weight is 491 g/mol. The third-order valence-electron chi connectivity index (χ3n) is 6.33. The maximum atomic E-state index is 13.1. The van der Waals surface area contributed by atoms with Crippen LogP contribution in [0.4, 0.5) is 0 Å². The Morgan fingerprint density at radius 3 is 2.39 bits per heavy atom. The number of hydrogen-bond donors (Lipinski definition) is 1. The first-order chi connectivity index (χ1) is 15.8. The van der Waals surface area contributed by atoms with Crippen molar-refractivity contribution in [3.63, 3.8) is 0 Å². The zero-order valence-electron chi connectivity index (χ0n) is 19.0. The highest BCUT2D eigenvalue weighted by atomic mass is 35.5. The van der Waals surface area contributed by atoms with E-state index in [0.29, 0.717) is 32.7 Å². The van der Waals surface area contributed by atoms with E-state index in [9.17, 15) is 13.2 Å². The molecule has 2 fully saturated rings. The van der Waals surface area contributed by atoms with Gasteiger partial charge in [-0.2, -0.15) is 4.31 Å². The van der Waals surface area contributed by atoms with Crippen LogP contribution >= 0.6 is 11.6 Å². The number of piperazine rings is 1. The first-order valence-electron chi connectivity index (χ1n) is 11.4. The number of halogens is 1. The van der Waals surface area contributed by atoms with E-state index < -0.39 is 10.0 Å². The fraction of sp³-hybridized carbons (Fsp3) is 0.458. The second-order valence-corrected chi connectivity index (χ2v) is 11.2. The molecule has 178 valence electrons. The van der Waals surface area contributed by atoms with Crippen LogP contribution in [0.2, 0.25) is 5.02 Å². The summed E-state index contributed by atoms with van der Waals surface area (Å²) in [4.78, 5) is 17.5. The molecule has 2 aromatic rings. The molecule has 4 rings (SSSR count). The summed E-state index contributed by atoms with van der Waals surface area (Å²) in [5.41, 5.74) is 2.39. The molecular formula is C24H31ClN4O3S. The Morgan fingerprint density at radius 1 is 0.970 bits per heavy atom. The number of rotatable bonds is 7. The number of likely N-dealkylation sites (N-methyl/N-ethyl adjacent to an activating group) is 1. The molecule has 0 spiro atoms. The largest absolute Gasteiger partial charge is 0.348 e. The molecule has 0 saturated carbocycles. The minimum atomic E-state index is -3.68. The van der Waals surface area contributed by atoms with Crippen LogP contribution in [0.3, 0.4) is 0 Å². The van der Waals surface area contributed by atoms with Gasteiger partial charge in [0.1, 0.15) is 0 Å². The number of carbonyl (C=O) groups excluding carboxylic acids is 1. The molecule has 1 N–H and O–H groups in total. The zero-order chi connectivity index (χ0) is 23.4. The Labute approximate surface area is 201 Å². The second kappa shape index (κ2) is 10.5. The summed E-state index contributed by atoms with van der Waals surface area (Å²) in [6.45, 7) is 5.74. The van der Waals surface area contributed by atoms with Gasteiger partial charge in [-0.25, -0.2) is 8.42 Å². The lowest BCUT2D eigenvalue weighted by Gasteiger charge is -2.31. The van der Waals surface area contributed by atoms with Crippen LogP contribution in [0.5, 0.6) is 0 Å². The quantitative estimate of drug-likeness (QED) is 0.646. The lowest BCUT2D eigenvalue weighted by molar-refractivity contribution is 0.0951. The van der Waals surface area contributed by atoms with Crippen LogP contribution in [-0.4, -0.2) is 74.7 Å². The molecule has 0 unspecified atom stereocenters. The van der Waals surface area contributed by atoms with Gasteiger partial charge in [-0.05, 0) is 62.3 Å². The van der Waals surface area contributed by atoms with Crippen molar-refractivity contribution in [1.29, 1.82) is 0 Å². The van der Waals surface area contributed by atoms with Crippen molar-refractivity contribution in [1.82, 2.24) is 19.4 Å². The van der Waals surface area contributed by atoms with Gasteiger partial charge in [-0.3, -0.25) is 9.69 Å². The summed E-state index contributed by atoms with van der Waals surface area (Å²) < 4.78 is 27.6. The molecule has 7 nitrogen and oxygen atoms in total. The average Bonchev–Trinajstić information content (AvgIpc) is 3.31. The first kappa shape index (κ1) is 24.2. The number of likely N-dealkylation sites (tertiary alicyclic amines) is 1. The van der Waals surface area contributed by atoms with Crippen molar-refractivity contribution in [3.05, 3.63) is 64.2 Å². The maximum Gasteiger partial charge on any atom is 0.253 e. The molecule has 33 heavy (non-hydrogen) atoms. The molecule has 0 aromatic heterocycles. The van der Waals surface area contributed by atoms with Crippen molar-refractivity contribution in [2.24, 2.45) is 0 Å². The van der Waals surface area contributed by atoms with Crippen molar-refractivity contribution >= 4 is 27.5 Å². The van der Waals surface area contributed by atoms with Gasteiger partial charge < -0.3 is 10.2 Å². The molecule has 2 aliphatic heterocycles. The minimum Gasteiger partial charge on any atom is -0.348 e. The van der Waals surface area contributed by atoms with Gasteiger partial charge in [-0.1, -0.05) is 35.9 Å². The van der Waals surface area contributed by atoms with E-state index in [4.69, 9.17) is 11.6 Å². The fourth-order valence-electron chi connectivity index (χ4n) is 4.33. The highest BCUT2D eigenvalue weighted by Crippen LogP contribution is 2.24. The SMILES string of the molecule is CN1CCN(S(=O)(=O)c2ccc(Cl)c(C(=O)NCc3cccc(CN4CCCC4)c3)c2)CC1. The number of nitrogens with one attached hydrogen (secondary N) is 1. The van der Waals surface area contributed by atoms with Gasteiger partial charge in [0.15, 0.2) is 0 Å². The van der Waals surface area contributed by atoms with Crippen molar-refractivity contribution < 1.29 is 13.2 Å². The first-order valence-corrected chi connectivity index (χ1v) is 13.2. The van der Waals surface area contributed by atoms with Crippen LogP contribution in [0.1, 0.15) is 34.3 Å². The monoisotopic (exact) mass is 490 g/mol. The smallest absolute Gasteiger partial charge is 0.253 e. The molecule has 0 aliphatic carbocycles. The van der Waals surface area contributed by atoms with Gasteiger partial charge in [0.25, 0.3) is 5.91 Å². The molecule has 1 amide bonds. The number of sulfonamides is 1. The molecule has 0 atom stereocenters. The van der Waals surface area contributed by atoms with Crippen LogP contribution in [0.15, 0.2) is 47.4 Å². The fourth-order valence-corrected chi connectivity index (χ4v) is 5.98. The lowest BCUT2D eigenvalue weighted by atomic mass is 10.1. The zero-order valence-corrected chi connectivity index (χ0v) is 20.5. The van der Waals surface area contributed by atoms with Gasteiger partial charge in [-0.15, -0.1) is 0 Å². The molecule has 2 saturated heterocycles. The van der Waals surface area contributed by atoms with Gasteiger partial charge in [0.05, 0.1) is 15.5 Å². The standard InChI is InChI=1S/C24H31ClN4O3S/c1-27-11-13-29(14-12-27)33(31,32)21-7-8-23(25)22(16-21)24(30)26-17-19-5-4-6-20(15-19)18-28-9-2-3-10-28/h4-8,15-16H,2-3,9-14,17-18H2,1H3,(H,26,30). The van der Waals surface area contributed by atoms with Crippen LogP contribution in [0.25, 0.3) is 0 Å². The molecule has 2 heterocycles. The summed E-state index contributed by atoms with van der Waals surface area (Å²) in [5, 5.41) is 3.12. The number of carbonyl (C=O) groups is 1.